The van der Waals surface area contributed by atoms with Crippen LogP contribution in [0.5, 0.6) is 5.75 Å². The molecular weight excluding hydrogens is 223 g/mol. The fourth-order valence-electron chi connectivity index (χ4n) is 1.43. The molecule has 4 N–H and O–H groups in total. The van der Waals surface area contributed by atoms with Gasteiger partial charge in [0.25, 0.3) is 0 Å². The fraction of sp³-hybridized carbons (Fsp3) is 0.0909. The van der Waals surface area contributed by atoms with Gasteiger partial charge in [-0.15, -0.1) is 0 Å². The van der Waals surface area contributed by atoms with Gasteiger partial charge in [-0.25, -0.2) is 20.2 Å². The number of phenols is 1. The van der Waals surface area contributed by atoms with Crippen LogP contribution >= 0.6 is 0 Å². The maximum Gasteiger partial charge on any atom is 0.187 e. The van der Waals surface area contributed by atoms with Gasteiger partial charge in [-0.1, -0.05) is 12.1 Å². The summed E-state index contributed by atoms with van der Waals surface area (Å²) in [7, 11) is 0. The molecule has 0 bridgehead atoms. The van der Waals surface area contributed by atoms with Crippen LogP contribution in [0.15, 0.2) is 24.3 Å². The molecular formula is C11H11FN4O. The van der Waals surface area contributed by atoms with Crippen molar-refractivity contribution in [3.63, 3.8) is 0 Å². The van der Waals surface area contributed by atoms with Crippen molar-refractivity contribution < 1.29 is 9.50 Å². The predicted octanol–water partition coefficient (Wildman–Crippen LogP) is 1.58. The van der Waals surface area contributed by atoms with Gasteiger partial charge in [0.05, 0.1) is 5.69 Å². The zero-order chi connectivity index (χ0) is 12.4. The number of nitrogens with one attached hydrogen (secondary N) is 1. The Hall–Kier alpha value is -2.21. The minimum atomic E-state index is -0.587. The van der Waals surface area contributed by atoms with Gasteiger partial charge in [0.1, 0.15) is 5.75 Å². The lowest BCUT2D eigenvalue weighted by Crippen LogP contribution is -2.13. The van der Waals surface area contributed by atoms with Crippen LogP contribution in [-0.4, -0.2) is 15.1 Å². The summed E-state index contributed by atoms with van der Waals surface area (Å²) in [5, 5.41) is 9.35. The summed E-state index contributed by atoms with van der Waals surface area (Å²) in [6.45, 7) is 1.52. The van der Waals surface area contributed by atoms with Gasteiger partial charge in [-0.05, 0) is 19.1 Å². The van der Waals surface area contributed by atoms with Crippen LogP contribution in [0, 0.1) is 12.7 Å². The van der Waals surface area contributed by atoms with Crippen molar-refractivity contribution in [1.29, 1.82) is 0 Å². The molecule has 2 rings (SSSR count). The third-order valence-corrected chi connectivity index (χ3v) is 2.26. The van der Waals surface area contributed by atoms with Crippen LogP contribution < -0.4 is 11.3 Å². The molecule has 0 radical (unpaired) electrons. The van der Waals surface area contributed by atoms with E-state index in [1.54, 1.807) is 12.1 Å². The number of aromatic hydroxyl groups is 1. The summed E-state index contributed by atoms with van der Waals surface area (Å²) in [6, 6.07) is 6.39. The lowest BCUT2D eigenvalue weighted by Gasteiger charge is -2.07. The number of nitrogen functional groups attached to an aromatic ring is 1. The second-order valence-electron chi connectivity index (χ2n) is 3.49. The third-order valence-electron chi connectivity index (χ3n) is 2.26. The van der Waals surface area contributed by atoms with E-state index in [9.17, 15) is 9.50 Å². The van der Waals surface area contributed by atoms with Gasteiger partial charge in [-0.2, -0.15) is 0 Å². The van der Waals surface area contributed by atoms with E-state index in [2.05, 4.69) is 15.4 Å². The molecule has 0 aliphatic heterocycles. The molecule has 17 heavy (non-hydrogen) atoms. The number of hydrogen-bond donors (Lipinski definition) is 3. The van der Waals surface area contributed by atoms with Crippen molar-refractivity contribution in [3.05, 3.63) is 35.8 Å². The van der Waals surface area contributed by atoms with E-state index < -0.39 is 5.82 Å². The predicted molar refractivity (Wildman–Crippen MR) is 61.6 cm³/mol. The van der Waals surface area contributed by atoms with E-state index in [1.807, 2.05) is 0 Å². The number of hydrazine groups is 1. The van der Waals surface area contributed by atoms with E-state index in [0.29, 0.717) is 11.4 Å². The molecule has 0 atom stereocenters. The van der Waals surface area contributed by atoms with Gasteiger partial charge < -0.3 is 10.5 Å². The summed E-state index contributed by atoms with van der Waals surface area (Å²) >= 11 is 0. The first kappa shape index (κ1) is 11.3. The van der Waals surface area contributed by atoms with Crippen molar-refractivity contribution >= 4 is 5.82 Å². The Balaban J connectivity index is 2.56. The van der Waals surface area contributed by atoms with Crippen molar-refractivity contribution in [1.82, 2.24) is 9.97 Å². The van der Waals surface area contributed by atoms with E-state index >= 15 is 0 Å². The first-order valence-electron chi connectivity index (χ1n) is 4.92. The maximum atomic E-state index is 13.5. The zero-order valence-electron chi connectivity index (χ0n) is 9.11. The molecule has 0 unspecified atom stereocenters. The van der Waals surface area contributed by atoms with Crippen LogP contribution in [0.1, 0.15) is 5.69 Å². The number of hydrogen-bond acceptors (Lipinski definition) is 5. The Labute approximate surface area is 97.1 Å². The molecule has 0 aliphatic carbocycles. The average molecular weight is 234 g/mol. The van der Waals surface area contributed by atoms with Crippen molar-refractivity contribution in [2.75, 3.05) is 5.43 Å². The molecule has 0 aliphatic rings. The van der Waals surface area contributed by atoms with E-state index in [-0.39, 0.29) is 17.3 Å². The Morgan fingerprint density at radius 3 is 2.76 bits per heavy atom. The largest absolute Gasteiger partial charge is 0.508 e. The van der Waals surface area contributed by atoms with Crippen LogP contribution in [0.2, 0.25) is 0 Å². The molecule has 0 saturated carbocycles. The van der Waals surface area contributed by atoms with Gasteiger partial charge in [0, 0.05) is 5.56 Å². The molecule has 88 valence electrons. The normalized spacial score (nSPS) is 10.3. The molecule has 1 heterocycles. The van der Waals surface area contributed by atoms with Gasteiger partial charge in [-0.3, -0.25) is 0 Å². The Morgan fingerprint density at radius 1 is 1.35 bits per heavy atom. The van der Waals surface area contributed by atoms with Crippen molar-refractivity contribution in [3.8, 4) is 17.1 Å². The summed E-state index contributed by atoms with van der Waals surface area (Å²) < 4.78 is 13.5. The lowest BCUT2D eigenvalue weighted by atomic mass is 10.2. The number of phenolic OH excluding ortho intramolecular Hbond substituents is 1. The average Bonchev–Trinajstić information content (AvgIpc) is 2.32. The smallest absolute Gasteiger partial charge is 0.187 e. The van der Waals surface area contributed by atoms with Crippen molar-refractivity contribution in [2.24, 2.45) is 5.84 Å². The quantitative estimate of drug-likeness (QED) is 0.542. The second-order valence-corrected chi connectivity index (χ2v) is 3.49. The van der Waals surface area contributed by atoms with Crippen LogP contribution in [-0.2, 0) is 0 Å². The Kier molecular flexibility index (Phi) is 2.88. The standard InChI is InChI=1S/C11H11FN4O/c1-6-9(12)11(16-13)15-10(14-6)7-3-2-4-8(17)5-7/h2-5,17H,13H2,1H3,(H,14,15,16). The van der Waals surface area contributed by atoms with Crippen LogP contribution in [0.4, 0.5) is 10.2 Å². The fourth-order valence-corrected chi connectivity index (χ4v) is 1.43. The van der Waals surface area contributed by atoms with Gasteiger partial charge in [0.2, 0.25) is 0 Å². The summed E-state index contributed by atoms with van der Waals surface area (Å²) in [4.78, 5) is 7.93. The summed E-state index contributed by atoms with van der Waals surface area (Å²) in [5.74, 6) is 4.90. The molecule has 0 spiro atoms. The SMILES string of the molecule is Cc1nc(-c2cccc(O)c2)nc(NN)c1F. The third kappa shape index (κ3) is 2.16. The number of aromatic nitrogens is 2. The number of nitrogens with zero attached hydrogens (tertiary/aromatic N) is 2. The minimum Gasteiger partial charge on any atom is -0.508 e. The van der Waals surface area contributed by atoms with Gasteiger partial charge >= 0.3 is 0 Å². The van der Waals surface area contributed by atoms with E-state index in [0.717, 1.165) is 0 Å². The van der Waals surface area contributed by atoms with Crippen molar-refractivity contribution in [2.45, 2.75) is 6.92 Å². The monoisotopic (exact) mass is 234 g/mol. The highest BCUT2D eigenvalue weighted by Crippen LogP contribution is 2.23. The van der Waals surface area contributed by atoms with Crippen LogP contribution in [0.3, 0.4) is 0 Å². The molecule has 1 aromatic carbocycles. The summed E-state index contributed by atoms with van der Waals surface area (Å²) in [5.41, 5.74) is 2.95. The number of anilines is 1. The molecule has 5 nitrogen and oxygen atoms in total. The van der Waals surface area contributed by atoms with E-state index in [1.165, 1.54) is 19.1 Å². The highest BCUT2D eigenvalue weighted by atomic mass is 19.1. The number of aryl methyl sites for hydroxylation is 1. The lowest BCUT2D eigenvalue weighted by molar-refractivity contribution is 0.475. The number of rotatable bonds is 2. The number of benzene rings is 1. The molecule has 2 aromatic rings. The highest BCUT2D eigenvalue weighted by Gasteiger charge is 2.11. The second kappa shape index (κ2) is 4.34. The highest BCUT2D eigenvalue weighted by molar-refractivity contribution is 5.59. The molecule has 0 amide bonds. The molecule has 0 saturated heterocycles. The first-order chi connectivity index (χ1) is 8.11. The topological polar surface area (TPSA) is 84.1 Å². The van der Waals surface area contributed by atoms with E-state index in [4.69, 9.17) is 5.84 Å². The van der Waals surface area contributed by atoms with Crippen LogP contribution in [0.25, 0.3) is 11.4 Å². The first-order valence-corrected chi connectivity index (χ1v) is 4.92. The minimum absolute atomic E-state index is 0.0733. The molecule has 1 aromatic heterocycles. The Bertz CT molecular complexity index is 559. The summed E-state index contributed by atoms with van der Waals surface area (Å²) in [6.07, 6.45) is 0. The number of halogens is 1. The Morgan fingerprint density at radius 2 is 2.12 bits per heavy atom. The zero-order valence-corrected chi connectivity index (χ0v) is 9.11. The number of nitrogens with two attached hydrogens (primary N) is 1. The molecule has 0 fully saturated rings. The molecule has 6 heteroatoms. The van der Waals surface area contributed by atoms with Gasteiger partial charge in [0.15, 0.2) is 17.5 Å². The maximum absolute atomic E-state index is 13.5.